The van der Waals surface area contributed by atoms with Crippen LogP contribution in [0, 0.1) is 5.82 Å². The largest absolute Gasteiger partial charge is 0.377 e. The van der Waals surface area contributed by atoms with Gasteiger partial charge in [0.2, 0.25) is 0 Å². The number of aromatic nitrogens is 1. The quantitative estimate of drug-likeness (QED) is 0.942. The van der Waals surface area contributed by atoms with E-state index in [1.165, 1.54) is 12.1 Å². The van der Waals surface area contributed by atoms with Gasteiger partial charge in [-0.3, -0.25) is 4.98 Å². The molecule has 106 valence electrons. The summed E-state index contributed by atoms with van der Waals surface area (Å²) in [5, 5.41) is 3.07. The molecular formula is C14H15FN2O2S. The normalized spacial score (nSPS) is 12.9. The molecule has 0 saturated carbocycles. The van der Waals surface area contributed by atoms with Gasteiger partial charge in [-0.1, -0.05) is 12.1 Å². The summed E-state index contributed by atoms with van der Waals surface area (Å²) >= 11 is 0. The molecule has 0 amide bonds. The molecular weight excluding hydrogens is 279 g/mol. The Labute approximate surface area is 117 Å². The van der Waals surface area contributed by atoms with Crippen molar-refractivity contribution < 1.29 is 12.8 Å². The Morgan fingerprint density at radius 1 is 1.25 bits per heavy atom. The van der Waals surface area contributed by atoms with Crippen molar-refractivity contribution in [1.29, 1.82) is 0 Å². The minimum absolute atomic E-state index is 0.219. The van der Waals surface area contributed by atoms with E-state index in [0.717, 1.165) is 12.5 Å². The van der Waals surface area contributed by atoms with Crippen LogP contribution < -0.4 is 5.32 Å². The lowest BCUT2D eigenvalue weighted by molar-refractivity contribution is 0.601. The average molecular weight is 294 g/mol. The van der Waals surface area contributed by atoms with Gasteiger partial charge in [0.05, 0.1) is 22.8 Å². The summed E-state index contributed by atoms with van der Waals surface area (Å²) in [6.45, 7) is 1.81. The number of halogens is 1. The summed E-state index contributed by atoms with van der Waals surface area (Å²) in [6.07, 6.45) is 3.83. The maximum Gasteiger partial charge on any atom is 0.177 e. The first-order valence-corrected chi connectivity index (χ1v) is 7.93. The Kier molecular flexibility index (Phi) is 4.04. The van der Waals surface area contributed by atoms with Crippen molar-refractivity contribution in [3.63, 3.8) is 0 Å². The molecule has 0 radical (unpaired) electrons. The molecule has 0 aliphatic carbocycles. The fraction of sp³-hybridized carbons (Fsp3) is 0.214. The summed E-state index contributed by atoms with van der Waals surface area (Å²) in [5.74, 6) is -0.424. The molecule has 4 nitrogen and oxygen atoms in total. The van der Waals surface area contributed by atoms with Crippen LogP contribution in [-0.2, 0) is 9.84 Å². The number of nitrogens with zero attached hydrogens (tertiary/aromatic N) is 1. The molecule has 6 heteroatoms. The topological polar surface area (TPSA) is 59.1 Å². The van der Waals surface area contributed by atoms with E-state index >= 15 is 0 Å². The molecule has 2 rings (SSSR count). The van der Waals surface area contributed by atoms with Crippen LogP contribution in [0.1, 0.15) is 18.5 Å². The van der Waals surface area contributed by atoms with E-state index in [1.54, 1.807) is 24.4 Å². The average Bonchev–Trinajstić information content (AvgIpc) is 2.38. The predicted molar refractivity (Wildman–Crippen MR) is 75.8 cm³/mol. The van der Waals surface area contributed by atoms with Crippen LogP contribution in [0.5, 0.6) is 0 Å². The first kappa shape index (κ1) is 14.5. The van der Waals surface area contributed by atoms with Gasteiger partial charge in [-0.2, -0.15) is 0 Å². The van der Waals surface area contributed by atoms with Crippen molar-refractivity contribution in [3.05, 3.63) is 54.1 Å². The number of benzene rings is 1. The van der Waals surface area contributed by atoms with Crippen LogP contribution in [-0.4, -0.2) is 19.7 Å². The summed E-state index contributed by atoms with van der Waals surface area (Å²) < 4.78 is 36.6. The van der Waals surface area contributed by atoms with E-state index in [2.05, 4.69) is 10.3 Å². The van der Waals surface area contributed by atoms with Crippen molar-refractivity contribution in [1.82, 2.24) is 4.98 Å². The van der Waals surface area contributed by atoms with Crippen LogP contribution in [0.4, 0.5) is 10.1 Å². The smallest absolute Gasteiger partial charge is 0.177 e. The Morgan fingerprint density at radius 3 is 2.60 bits per heavy atom. The highest BCUT2D eigenvalue weighted by atomic mass is 32.2. The molecule has 0 fully saturated rings. The summed E-state index contributed by atoms with van der Waals surface area (Å²) in [5.41, 5.74) is 1.14. The SMILES string of the molecule is CC(Nc1ccccc1S(C)(=O)=O)c1cncc(F)c1. The molecule has 1 N–H and O–H groups in total. The lowest BCUT2D eigenvalue weighted by Crippen LogP contribution is -2.10. The minimum Gasteiger partial charge on any atom is -0.377 e. The second kappa shape index (κ2) is 5.58. The fourth-order valence-electron chi connectivity index (χ4n) is 1.89. The Balaban J connectivity index is 2.31. The molecule has 1 heterocycles. The summed E-state index contributed by atoms with van der Waals surface area (Å²) in [7, 11) is -3.32. The van der Waals surface area contributed by atoms with Crippen LogP contribution in [0.25, 0.3) is 0 Å². The number of sulfone groups is 1. The number of nitrogens with one attached hydrogen (secondary N) is 1. The van der Waals surface area contributed by atoms with E-state index in [4.69, 9.17) is 0 Å². The third kappa shape index (κ3) is 3.33. The van der Waals surface area contributed by atoms with E-state index in [9.17, 15) is 12.8 Å². The summed E-state index contributed by atoms with van der Waals surface area (Å²) in [4.78, 5) is 4.00. The molecule has 2 aromatic rings. The van der Waals surface area contributed by atoms with Crippen molar-refractivity contribution >= 4 is 15.5 Å². The highest BCUT2D eigenvalue weighted by molar-refractivity contribution is 7.90. The standard InChI is InChI=1S/C14H15FN2O2S/c1-10(11-7-12(15)9-16-8-11)17-13-5-3-4-6-14(13)20(2,18)19/h3-10,17H,1-2H3. The zero-order valence-corrected chi connectivity index (χ0v) is 12.0. The van der Waals surface area contributed by atoms with E-state index in [-0.39, 0.29) is 10.9 Å². The second-order valence-corrected chi connectivity index (χ2v) is 6.56. The van der Waals surface area contributed by atoms with Gasteiger partial charge in [0, 0.05) is 12.5 Å². The number of anilines is 1. The minimum atomic E-state index is -3.32. The first-order chi connectivity index (χ1) is 9.38. The zero-order chi connectivity index (χ0) is 14.8. The Hall–Kier alpha value is -1.95. The number of hydrogen-bond acceptors (Lipinski definition) is 4. The molecule has 0 aliphatic rings. The molecule has 1 aromatic carbocycles. The van der Waals surface area contributed by atoms with Crippen LogP contribution in [0.15, 0.2) is 47.6 Å². The number of pyridine rings is 1. The molecule has 1 unspecified atom stereocenters. The van der Waals surface area contributed by atoms with Gasteiger partial charge in [-0.05, 0) is 30.7 Å². The number of rotatable bonds is 4. The van der Waals surface area contributed by atoms with Gasteiger partial charge in [0.1, 0.15) is 5.82 Å². The van der Waals surface area contributed by atoms with Crippen molar-refractivity contribution in [2.75, 3.05) is 11.6 Å². The first-order valence-electron chi connectivity index (χ1n) is 6.04. The van der Waals surface area contributed by atoms with Gasteiger partial charge in [0.25, 0.3) is 0 Å². The van der Waals surface area contributed by atoms with Gasteiger partial charge in [-0.25, -0.2) is 12.8 Å². The van der Waals surface area contributed by atoms with Crippen molar-refractivity contribution in [3.8, 4) is 0 Å². The third-order valence-electron chi connectivity index (χ3n) is 2.88. The number of para-hydroxylation sites is 1. The van der Waals surface area contributed by atoms with Crippen LogP contribution in [0.2, 0.25) is 0 Å². The summed E-state index contributed by atoms with van der Waals surface area (Å²) in [6, 6.07) is 7.73. The lowest BCUT2D eigenvalue weighted by atomic mass is 10.1. The van der Waals surface area contributed by atoms with Crippen LogP contribution in [0.3, 0.4) is 0 Å². The third-order valence-corrected chi connectivity index (χ3v) is 4.04. The Morgan fingerprint density at radius 2 is 1.95 bits per heavy atom. The lowest BCUT2D eigenvalue weighted by Gasteiger charge is -2.17. The fourth-order valence-corrected chi connectivity index (χ4v) is 2.74. The van der Waals surface area contributed by atoms with Crippen molar-refractivity contribution in [2.45, 2.75) is 17.9 Å². The molecule has 20 heavy (non-hydrogen) atoms. The van der Waals surface area contributed by atoms with Gasteiger partial charge in [0.15, 0.2) is 9.84 Å². The molecule has 0 bridgehead atoms. The van der Waals surface area contributed by atoms with Gasteiger partial charge in [-0.15, -0.1) is 0 Å². The van der Waals surface area contributed by atoms with Crippen LogP contribution >= 0.6 is 0 Å². The maximum absolute atomic E-state index is 13.1. The molecule has 0 saturated heterocycles. The molecule has 0 aliphatic heterocycles. The van der Waals surface area contributed by atoms with E-state index in [1.807, 2.05) is 6.92 Å². The van der Waals surface area contributed by atoms with E-state index in [0.29, 0.717) is 11.3 Å². The maximum atomic E-state index is 13.1. The highest BCUT2D eigenvalue weighted by Gasteiger charge is 2.15. The predicted octanol–water partition coefficient (Wildman–Crippen LogP) is 2.80. The second-order valence-electron chi connectivity index (χ2n) is 4.57. The monoisotopic (exact) mass is 294 g/mol. The number of hydrogen-bond donors (Lipinski definition) is 1. The Bertz CT molecular complexity index is 717. The molecule has 1 atom stereocenters. The zero-order valence-electron chi connectivity index (χ0n) is 11.2. The van der Waals surface area contributed by atoms with Crippen molar-refractivity contribution in [2.24, 2.45) is 0 Å². The molecule has 1 aromatic heterocycles. The highest BCUT2D eigenvalue weighted by Crippen LogP contribution is 2.25. The van der Waals surface area contributed by atoms with Gasteiger partial charge < -0.3 is 5.32 Å². The van der Waals surface area contributed by atoms with Gasteiger partial charge >= 0.3 is 0 Å². The molecule has 0 spiro atoms. The van der Waals surface area contributed by atoms with E-state index < -0.39 is 15.7 Å².